The van der Waals surface area contributed by atoms with E-state index >= 15 is 0 Å². The van der Waals surface area contributed by atoms with Crippen LogP contribution in [0.15, 0.2) is 231 Å². The van der Waals surface area contributed by atoms with Gasteiger partial charge in [-0.05, 0) is 68.8 Å². The van der Waals surface area contributed by atoms with Crippen LogP contribution in [-0.4, -0.2) is 19.5 Å². The lowest BCUT2D eigenvalue weighted by atomic mass is 9.63. The Morgan fingerprint density at radius 2 is 0.758 bits per heavy atom. The minimum absolute atomic E-state index is 0.606. The summed E-state index contributed by atoms with van der Waals surface area (Å²) in [6.45, 7) is 0. The molecule has 0 radical (unpaired) electrons. The van der Waals surface area contributed by atoms with Crippen molar-refractivity contribution in [2.24, 2.45) is 0 Å². The van der Waals surface area contributed by atoms with E-state index < -0.39 is 5.41 Å². The van der Waals surface area contributed by atoms with Gasteiger partial charge in [-0.1, -0.05) is 206 Å². The molecule has 1 aliphatic rings. The van der Waals surface area contributed by atoms with E-state index in [2.05, 4.69) is 223 Å². The summed E-state index contributed by atoms with van der Waals surface area (Å²) in [6, 6.07) is 82.3. The molecule has 12 rings (SSSR count). The van der Waals surface area contributed by atoms with Gasteiger partial charge in [0.15, 0.2) is 17.5 Å². The molecule has 62 heavy (non-hydrogen) atoms. The minimum atomic E-state index is -0.606. The van der Waals surface area contributed by atoms with E-state index in [-0.39, 0.29) is 0 Å². The molecule has 0 spiro atoms. The van der Waals surface area contributed by atoms with Gasteiger partial charge < -0.3 is 4.57 Å². The van der Waals surface area contributed by atoms with Gasteiger partial charge in [-0.3, -0.25) is 0 Å². The van der Waals surface area contributed by atoms with Crippen molar-refractivity contribution in [3.8, 4) is 62.1 Å². The molecule has 0 aliphatic carbocycles. The third-order valence-electron chi connectivity index (χ3n) is 12.5. The van der Waals surface area contributed by atoms with E-state index in [0.29, 0.717) is 17.5 Å². The minimum Gasteiger partial charge on any atom is -0.309 e. The zero-order valence-corrected chi connectivity index (χ0v) is 33.7. The normalized spacial score (nSPS) is 14.2. The van der Waals surface area contributed by atoms with E-state index in [1.165, 1.54) is 49.7 Å². The summed E-state index contributed by atoms with van der Waals surface area (Å²) in [5.41, 5.74) is 15.2. The third kappa shape index (κ3) is 5.65. The number of para-hydroxylation sites is 3. The Balaban J connectivity index is 1.06. The summed E-state index contributed by atoms with van der Waals surface area (Å²) in [7, 11) is 0. The Hall–Kier alpha value is -8.21. The Morgan fingerprint density at radius 3 is 1.40 bits per heavy atom. The molecule has 0 saturated carbocycles. The molecule has 1 unspecified atom stereocenters. The molecule has 4 heteroatoms. The van der Waals surface area contributed by atoms with Crippen LogP contribution in [0.4, 0.5) is 0 Å². The maximum Gasteiger partial charge on any atom is 0.164 e. The highest BCUT2D eigenvalue weighted by Gasteiger charge is 2.45. The highest BCUT2D eigenvalue weighted by Crippen LogP contribution is 2.54. The Morgan fingerprint density at radius 1 is 0.306 bits per heavy atom. The van der Waals surface area contributed by atoms with E-state index in [4.69, 9.17) is 15.0 Å². The number of rotatable bonds is 7. The zero-order chi connectivity index (χ0) is 41.0. The molecule has 4 nitrogen and oxygen atoms in total. The summed E-state index contributed by atoms with van der Waals surface area (Å²) >= 11 is 0. The average molecular weight is 791 g/mol. The number of nitrogens with zero attached hydrogens (tertiary/aromatic N) is 4. The van der Waals surface area contributed by atoms with Gasteiger partial charge >= 0.3 is 0 Å². The first kappa shape index (κ1) is 35.7. The van der Waals surface area contributed by atoms with Crippen LogP contribution in [-0.2, 0) is 5.41 Å². The topological polar surface area (TPSA) is 43.6 Å². The first-order chi connectivity index (χ1) is 30.7. The highest BCUT2D eigenvalue weighted by atomic mass is 15.0. The van der Waals surface area contributed by atoms with Gasteiger partial charge in [-0.15, -0.1) is 0 Å². The second-order valence-electron chi connectivity index (χ2n) is 16.0. The van der Waals surface area contributed by atoms with Crippen molar-refractivity contribution in [2.45, 2.75) is 5.41 Å². The maximum atomic E-state index is 5.23. The largest absolute Gasteiger partial charge is 0.309 e. The second kappa shape index (κ2) is 14.5. The van der Waals surface area contributed by atoms with Gasteiger partial charge in [-0.25, -0.2) is 15.0 Å². The summed E-state index contributed by atoms with van der Waals surface area (Å²) in [5.74, 6) is 1.86. The monoisotopic (exact) mass is 790 g/mol. The predicted molar refractivity (Wildman–Crippen MR) is 253 cm³/mol. The molecule has 0 saturated heterocycles. The lowest BCUT2D eigenvalue weighted by Crippen LogP contribution is -2.35. The number of aromatic nitrogens is 4. The summed E-state index contributed by atoms with van der Waals surface area (Å²) in [4.78, 5) is 15.6. The van der Waals surface area contributed by atoms with Gasteiger partial charge in [0.25, 0.3) is 0 Å². The van der Waals surface area contributed by atoms with Crippen molar-refractivity contribution < 1.29 is 0 Å². The van der Waals surface area contributed by atoms with Gasteiger partial charge in [0.2, 0.25) is 0 Å². The smallest absolute Gasteiger partial charge is 0.164 e. The first-order valence-electron chi connectivity index (χ1n) is 21.1. The Labute approximate surface area is 360 Å². The maximum absolute atomic E-state index is 5.23. The quantitative estimate of drug-likeness (QED) is 0.161. The molecule has 9 aromatic carbocycles. The van der Waals surface area contributed by atoms with Crippen LogP contribution < -0.4 is 0 Å². The van der Waals surface area contributed by atoms with Gasteiger partial charge in [-0.2, -0.15) is 0 Å². The van der Waals surface area contributed by atoms with Crippen molar-refractivity contribution in [3.05, 3.63) is 253 Å². The number of hydrogen-bond donors (Lipinski definition) is 0. The molecule has 290 valence electrons. The first-order valence-corrected chi connectivity index (χ1v) is 21.1. The van der Waals surface area contributed by atoms with E-state index in [1.54, 1.807) is 0 Å². The molecule has 0 N–H and O–H groups in total. The molecule has 2 aromatic heterocycles. The van der Waals surface area contributed by atoms with E-state index in [1.807, 2.05) is 12.1 Å². The number of hydrogen-bond acceptors (Lipinski definition) is 3. The van der Waals surface area contributed by atoms with Crippen LogP contribution >= 0.6 is 0 Å². The molecular formula is C58H38N4. The fourth-order valence-electron chi connectivity index (χ4n) is 9.75. The zero-order valence-electron chi connectivity index (χ0n) is 33.7. The van der Waals surface area contributed by atoms with Crippen molar-refractivity contribution in [1.29, 1.82) is 0 Å². The summed E-state index contributed by atoms with van der Waals surface area (Å²) in [6.07, 6.45) is 0. The van der Waals surface area contributed by atoms with Crippen LogP contribution in [0.3, 0.4) is 0 Å². The molecule has 0 amide bonds. The van der Waals surface area contributed by atoms with Crippen molar-refractivity contribution in [2.75, 3.05) is 0 Å². The molecule has 0 bridgehead atoms. The van der Waals surface area contributed by atoms with Crippen LogP contribution in [0.1, 0.15) is 22.3 Å². The van der Waals surface area contributed by atoms with Crippen molar-refractivity contribution in [1.82, 2.24) is 19.5 Å². The fraction of sp³-hybridized carbons (Fsp3) is 0.0172. The lowest BCUT2D eigenvalue weighted by Gasteiger charge is -2.41. The third-order valence-corrected chi connectivity index (χ3v) is 12.5. The molecule has 1 aliphatic heterocycles. The Kier molecular flexibility index (Phi) is 8.36. The molecule has 11 aromatic rings. The molecular weight excluding hydrogens is 753 g/mol. The average Bonchev–Trinajstić information content (AvgIpc) is 3.70. The highest BCUT2D eigenvalue weighted by molar-refractivity contribution is 6.12. The standard InChI is InChI=1S/C58H38N4/c1-4-17-39(18-5-1)42-21-14-23-44(37-42)56-59-55(60-57(61-56)45-24-15-22-43(38-45)40-19-6-2-7-20-40)41-33-35-47(36-34-41)58(46-25-8-3-9-26-46)50-29-11-13-32-53(50)62-52-31-12-10-27-48(52)49-28-16-30-51(58)54(49)62/h1-38H. The molecule has 3 heterocycles. The SMILES string of the molecule is c1ccc(-c2cccc(-c3nc(-c4ccc(C5(c6ccccc6)c6ccccc6-n6c7ccccc7c7cccc5c76)cc4)nc(-c4cccc(-c5ccccc5)c4)n3)c2)cc1. The van der Waals surface area contributed by atoms with E-state index in [9.17, 15) is 0 Å². The Bertz CT molecular complexity index is 3350. The molecule has 1 atom stereocenters. The van der Waals surface area contributed by atoms with Crippen LogP contribution in [0, 0.1) is 0 Å². The molecule has 0 fully saturated rings. The lowest BCUT2D eigenvalue weighted by molar-refractivity contribution is 0.728. The van der Waals surface area contributed by atoms with Crippen LogP contribution in [0.2, 0.25) is 0 Å². The van der Waals surface area contributed by atoms with Crippen molar-refractivity contribution in [3.63, 3.8) is 0 Å². The summed E-state index contributed by atoms with van der Waals surface area (Å²) < 4.78 is 2.47. The second-order valence-corrected chi connectivity index (χ2v) is 16.0. The number of benzene rings is 9. The van der Waals surface area contributed by atoms with Crippen LogP contribution in [0.5, 0.6) is 0 Å². The van der Waals surface area contributed by atoms with Crippen LogP contribution in [0.25, 0.3) is 83.9 Å². The van der Waals surface area contributed by atoms with E-state index in [0.717, 1.165) is 38.9 Å². The number of fused-ring (bicyclic) bond motifs is 5. The van der Waals surface area contributed by atoms with Gasteiger partial charge in [0.1, 0.15) is 0 Å². The van der Waals surface area contributed by atoms with Gasteiger partial charge in [0, 0.05) is 27.5 Å². The van der Waals surface area contributed by atoms with Crippen molar-refractivity contribution >= 4 is 21.8 Å². The van der Waals surface area contributed by atoms with Gasteiger partial charge in [0.05, 0.1) is 22.1 Å². The fourth-order valence-corrected chi connectivity index (χ4v) is 9.75. The predicted octanol–water partition coefficient (Wildman–Crippen LogP) is 14.0. The summed E-state index contributed by atoms with van der Waals surface area (Å²) in [5, 5.41) is 2.51.